The number of rotatable bonds is 1. The predicted octanol–water partition coefficient (Wildman–Crippen LogP) is 1.49. The quantitative estimate of drug-likeness (QED) is 0.456. The van der Waals surface area contributed by atoms with Gasteiger partial charge in [-0.3, -0.25) is 9.59 Å². The largest absolute Gasteiger partial charge is 0.497 e. The second-order valence-electron chi connectivity index (χ2n) is 7.62. The van der Waals surface area contributed by atoms with Crippen molar-refractivity contribution in [3.63, 3.8) is 0 Å². The first-order valence-corrected chi connectivity index (χ1v) is 10.0. The first-order chi connectivity index (χ1) is 15.5. The van der Waals surface area contributed by atoms with E-state index in [9.17, 15) is 22.8 Å². The third-order valence-corrected chi connectivity index (χ3v) is 5.04. The Morgan fingerprint density at radius 2 is 1.91 bits per heavy atom. The van der Waals surface area contributed by atoms with Crippen LogP contribution < -0.4 is 25.4 Å². The van der Waals surface area contributed by atoms with Gasteiger partial charge in [0.25, 0.3) is 5.91 Å². The van der Waals surface area contributed by atoms with Gasteiger partial charge in [0.15, 0.2) is 0 Å². The fourth-order valence-corrected chi connectivity index (χ4v) is 3.06. The Labute approximate surface area is 188 Å². The SMILES string of the molecule is COc1ccc2c(c1)OC/C=C/CC1(CNC1)C(=O)NC[C@@H](C)NC2=O.O=C(O)C(F)(F)F. The first-order valence-electron chi connectivity index (χ1n) is 10.0. The van der Waals surface area contributed by atoms with Crippen LogP contribution in [0.25, 0.3) is 0 Å². The van der Waals surface area contributed by atoms with Crippen molar-refractivity contribution in [3.8, 4) is 11.5 Å². The number of fused-ring (bicyclic) bond motifs is 1. The van der Waals surface area contributed by atoms with Gasteiger partial charge in [-0.25, -0.2) is 4.79 Å². The summed E-state index contributed by atoms with van der Waals surface area (Å²) in [4.78, 5) is 34.0. The molecule has 1 aromatic carbocycles. The molecule has 2 aliphatic heterocycles. The maximum absolute atomic E-state index is 12.6. The fraction of sp³-hybridized carbons (Fsp3) is 0.476. The number of benzene rings is 1. The molecule has 182 valence electrons. The number of carboxylic acids is 1. The zero-order chi connectivity index (χ0) is 24.6. The molecule has 1 saturated heterocycles. The third kappa shape index (κ3) is 7.11. The maximum atomic E-state index is 12.6. The number of nitrogens with one attached hydrogen (secondary N) is 3. The van der Waals surface area contributed by atoms with Crippen LogP contribution in [-0.2, 0) is 9.59 Å². The summed E-state index contributed by atoms with van der Waals surface area (Å²) in [5, 5.41) is 16.2. The highest BCUT2D eigenvalue weighted by molar-refractivity contribution is 5.97. The van der Waals surface area contributed by atoms with Crippen molar-refractivity contribution in [1.82, 2.24) is 16.0 Å². The van der Waals surface area contributed by atoms with Crippen LogP contribution in [0.5, 0.6) is 11.5 Å². The van der Waals surface area contributed by atoms with Crippen LogP contribution in [0.1, 0.15) is 23.7 Å². The third-order valence-electron chi connectivity index (χ3n) is 5.04. The Morgan fingerprint density at radius 3 is 2.45 bits per heavy atom. The number of ether oxygens (including phenoxy) is 2. The standard InChI is InChI=1S/C19H25N3O4.C2HF3O2/c1-13-10-21-18(24)19(11-20-12-19)7-3-4-8-26-16-9-14(25-2)5-6-15(16)17(23)22-13;3-2(4,5)1(6)7/h3-6,9,13,20H,7-8,10-12H2,1-2H3,(H,21,24)(H,22,23);(H,6,7)/b4-3+;/t13-;/m1./s1. The van der Waals surface area contributed by atoms with Crippen molar-refractivity contribution in [3.05, 3.63) is 35.9 Å². The molecule has 2 aliphatic rings. The minimum atomic E-state index is -5.08. The monoisotopic (exact) mass is 473 g/mol. The number of carbonyl (C=O) groups excluding carboxylic acids is 2. The van der Waals surface area contributed by atoms with Crippen LogP contribution in [0.15, 0.2) is 30.4 Å². The number of amides is 2. The van der Waals surface area contributed by atoms with Gasteiger partial charge in [-0.2, -0.15) is 13.2 Å². The number of alkyl halides is 3. The second-order valence-corrected chi connectivity index (χ2v) is 7.62. The lowest BCUT2D eigenvalue weighted by molar-refractivity contribution is -0.192. The molecule has 0 aliphatic carbocycles. The molecule has 4 N–H and O–H groups in total. The van der Waals surface area contributed by atoms with Crippen molar-refractivity contribution in [2.75, 3.05) is 33.4 Å². The van der Waals surface area contributed by atoms with Gasteiger partial charge in [0, 0.05) is 31.7 Å². The van der Waals surface area contributed by atoms with Crippen molar-refractivity contribution in [1.29, 1.82) is 0 Å². The van der Waals surface area contributed by atoms with Crippen LogP contribution >= 0.6 is 0 Å². The van der Waals surface area contributed by atoms with E-state index in [1.165, 1.54) is 0 Å². The molecule has 0 saturated carbocycles. The molecule has 2 amide bonds. The summed E-state index contributed by atoms with van der Waals surface area (Å²) < 4.78 is 42.7. The minimum absolute atomic E-state index is 0.0186. The highest BCUT2D eigenvalue weighted by atomic mass is 19.4. The Balaban J connectivity index is 0.000000479. The van der Waals surface area contributed by atoms with E-state index >= 15 is 0 Å². The molecule has 12 heteroatoms. The topological polar surface area (TPSA) is 126 Å². The number of halogens is 3. The normalized spacial score (nSPS) is 21.4. The molecule has 1 aromatic rings. The molecule has 2 heterocycles. The Bertz CT molecular complexity index is 900. The second kappa shape index (κ2) is 11.0. The molecule has 1 atom stereocenters. The van der Waals surface area contributed by atoms with Gasteiger partial charge in [-0.15, -0.1) is 0 Å². The molecule has 0 bridgehead atoms. The molecular weight excluding hydrogens is 447 g/mol. The van der Waals surface area contributed by atoms with Gasteiger partial charge in [0.1, 0.15) is 18.1 Å². The van der Waals surface area contributed by atoms with Gasteiger partial charge in [0.05, 0.1) is 18.1 Å². The molecule has 3 rings (SSSR count). The number of allylic oxidation sites excluding steroid dienone is 1. The first kappa shape index (κ1) is 26.0. The summed E-state index contributed by atoms with van der Waals surface area (Å²) in [7, 11) is 1.57. The molecule has 1 fully saturated rings. The zero-order valence-corrected chi connectivity index (χ0v) is 18.1. The van der Waals surface area contributed by atoms with E-state index in [1.54, 1.807) is 25.3 Å². The van der Waals surface area contributed by atoms with E-state index < -0.39 is 17.6 Å². The van der Waals surface area contributed by atoms with Gasteiger partial charge in [0.2, 0.25) is 5.91 Å². The number of carbonyl (C=O) groups is 3. The van der Waals surface area contributed by atoms with E-state index in [0.717, 1.165) is 0 Å². The van der Waals surface area contributed by atoms with E-state index in [1.807, 2.05) is 19.1 Å². The Morgan fingerprint density at radius 1 is 1.24 bits per heavy atom. The molecule has 1 spiro atoms. The van der Waals surface area contributed by atoms with Crippen molar-refractivity contribution < 1.29 is 42.1 Å². The molecule has 0 aromatic heterocycles. The average molecular weight is 473 g/mol. The lowest BCUT2D eigenvalue weighted by atomic mass is 9.77. The lowest BCUT2D eigenvalue weighted by Gasteiger charge is -2.40. The lowest BCUT2D eigenvalue weighted by Crippen LogP contribution is -2.62. The average Bonchev–Trinajstić information content (AvgIpc) is 2.72. The van der Waals surface area contributed by atoms with E-state index in [0.29, 0.717) is 49.7 Å². The molecular formula is C21H26F3N3O6. The van der Waals surface area contributed by atoms with Gasteiger partial charge in [-0.05, 0) is 25.5 Å². The van der Waals surface area contributed by atoms with Crippen LogP contribution in [0.3, 0.4) is 0 Å². The summed E-state index contributed by atoms with van der Waals surface area (Å²) >= 11 is 0. The maximum Gasteiger partial charge on any atom is 0.490 e. The van der Waals surface area contributed by atoms with Crippen LogP contribution in [0, 0.1) is 5.41 Å². The van der Waals surface area contributed by atoms with E-state index in [4.69, 9.17) is 19.4 Å². The highest BCUT2D eigenvalue weighted by Gasteiger charge is 2.43. The summed E-state index contributed by atoms with van der Waals surface area (Å²) in [5.41, 5.74) is 0.0277. The number of methoxy groups -OCH3 is 1. The zero-order valence-electron chi connectivity index (χ0n) is 18.1. The number of carboxylic acid groups (broad SMARTS) is 1. The summed E-state index contributed by atoms with van der Waals surface area (Å²) in [5.74, 6) is -1.88. The van der Waals surface area contributed by atoms with Gasteiger partial charge < -0.3 is 30.5 Å². The Kier molecular flexibility index (Phi) is 8.69. The minimum Gasteiger partial charge on any atom is -0.497 e. The van der Waals surface area contributed by atoms with Crippen LogP contribution in [-0.4, -0.2) is 68.5 Å². The van der Waals surface area contributed by atoms with Gasteiger partial charge in [-0.1, -0.05) is 12.2 Å². The van der Waals surface area contributed by atoms with Crippen molar-refractivity contribution >= 4 is 17.8 Å². The summed E-state index contributed by atoms with van der Waals surface area (Å²) in [6.45, 7) is 3.87. The molecule has 9 nitrogen and oxygen atoms in total. The van der Waals surface area contributed by atoms with Crippen LogP contribution in [0.4, 0.5) is 13.2 Å². The van der Waals surface area contributed by atoms with Crippen LogP contribution in [0.2, 0.25) is 0 Å². The van der Waals surface area contributed by atoms with Gasteiger partial charge >= 0.3 is 12.1 Å². The fourth-order valence-electron chi connectivity index (χ4n) is 3.06. The highest BCUT2D eigenvalue weighted by Crippen LogP contribution is 2.28. The number of hydrogen-bond acceptors (Lipinski definition) is 6. The summed E-state index contributed by atoms with van der Waals surface area (Å²) in [6, 6.07) is 4.91. The number of hydrogen-bond donors (Lipinski definition) is 4. The smallest absolute Gasteiger partial charge is 0.490 e. The number of aliphatic carboxylic acids is 1. The van der Waals surface area contributed by atoms with Crippen molar-refractivity contribution in [2.24, 2.45) is 5.41 Å². The molecule has 0 unspecified atom stereocenters. The Hall–Kier alpha value is -3.28. The molecule has 0 radical (unpaired) electrons. The van der Waals surface area contributed by atoms with Crippen molar-refractivity contribution in [2.45, 2.75) is 25.6 Å². The predicted molar refractivity (Wildman–Crippen MR) is 111 cm³/mol. The van der Waals surface area contributed by atoms with E-state index in [-0.39, 0.29) is 17.9 Å². The summed E-state index contributed by atoms with van der Waals surface area (Å²) in [6.07, 6.45) is -0.584. The van der Waals surface area contributed by atoms with E-state index in [2.05, 4.69) is 16.0 Å². The molecule has 33 heavy (non-hydrogen) atoms.